The first-order valence-electron chi connectivity index (χ1n) is 4.94. The van der Waals surface area contributed by atoms with Crippen LogP contribution in [0.4, 0.5) is 0 Å². The second kappa shape index (κ2) is 4.24. The van der Waals surface area contributed by atoms with Gasteiger partial charge in [0, 0.05) is 29.2 Å². The maximum absolute atomic E-state index is 11.5. The minimum atomic E-state index is 0.0265. The molecule has 0 amide bonds. The lowest BCUT2D eigenvalue weighted by Crippen LogP contribution is -2.35. The SMILES string of the molecule is N#CB1CC(Cn2cc(Br)ccc2=O)C1. The van der Waals surface area contributed by atoms with Crippen LogP contribution in [0.25, 0.3) is 0 Å². The molecule has 0 aromatic carbocycles. The number of rotatable bonds is 2. The maximum atomic E-state index is 11.5. The molecule has 0 bridgehead atoms. The standard InChI is InChI=1S/C10H10BBrN2O/c12-9-1-2-10(15)14(6-9)5-8-3-11(4-8)7-13/h1-2,6,8H,3-5H2. The second-order valence-electron chi connectivity index (χ2n) is 4.00. The third-order valence-electron chi connectivity index (χ3n) is 2.82. The molecule has 1 aromatic rings. The van der Waals surface area contributed by atoms with E-state index in [0.29, 0.717) is 5.92 Å². The van der Waals surface area contributed by atoms with Gasteiger partial charge in [-0.2, -0.15) is 0 Å². The minimum absolute atomic E-state index is 0.0265. The van der Waals surface area contributed by atoms with Gasteiger partial charge in [-0.3, -0.25) is 4.79 Å². The lowest BCUT2D eigenvalue weighted by Gasteiger charge is -2.28. The van der Waals surface area contributed by atoms with Crippen molar-refractivity contribution in [2.45, 2.75) is 19.2 Å². The highest BCUT2D eigenvalue weighted by Gasteiger charge is 2.33. The van der Waals surface area contributed by atoms with Gasteiger partial charge in [0.25, 0.3) is 12.3 Å². The maximum Gasteiger partial charge on any atom is 0.268 e. The third-order valence-corrected chi connectivity index (χ3v) is 3.29. The van der Waals surface area contributed by atoms with E-state index >= 15 is 0 Å². The van der Waals surface area contributed by atoms with Crippen molar-refractivity contribution in [2.75, 3.05) is 0 Å². The van der Waals surface area contributed by atoms with Crippen molar-refractivity contribution in [1.29, 1.82) is 5.26 Å². The number of nitrogens with zero attached hydrogens (tertiary/aromatic N) is 2. The number of aromatic nitrogens is 1. The lowest BCUT2D eigenvalue weighted by molar-refractivity contribution is 0.473. The summed E-state index contributed by atoms with van der Waals surface area (Å²) in [6.07, 6.45) is 3.66. The van der Waals surface area contributed by atoms with Crippen LogP contribution in [0.2, 0.25) is 12.6 Å². The van der Waals surface area contributed by atoms with Crippen LogP contribution in [0.5, 0.6) is 0 Å². The average Bonchev–Trinajstić information content (AvgIpc) is 2.16. The van der Waals surface area contributed by atoms with E-state index in [1.54, 1.807) is 16.7 Å². The summed E-state index contributed by atoms with van der Waals surface area (Å²) < 4.78 is 2.63. The van der Waals surface area contributed by atoms with Gasteiger partial charge >= 0.3 is 0 Å². The Hall–Kier alpha value is -1.02. The van der Waals surface area contributed by atoms with Gasteiger partial charge in [-0.1, -0.05) is 12.6 Å². The molecular formula is C10H10BBrN2O. The van der Waals surface area contributed by atoms with Gasteiger partial charge in [-0.05, 0) is 27.9 Å². The molecule has 1 aliphatic heterocycles. The van der Waals surface area contributed by atoms with E-state index in [4.69, 9.17) is 5.26 Å². The van der Waals surface area contributed by atoms with Crippen LogP contribution >= 0.6 is 15.9 Å². The number of hydrogen-bond donors (Lipinski definition) is 0. The van der Waals surface area contributed by atoms with Gasteiger partial charge in [0.15, 0.2) is 0 Å². The Balaban J connectivity index is 2.04. The molecule has 2 rings (SSSR count). The molecule has 0 unspecified atom stereocenters. The van der Waals surface area contributed by atoms with Crippen molar-refractivity contribution < 1.29 is 0 Å². The van der Waals surface area contributed by atoms with Crippen LogP contribution in [0, 0.1) is 17.1 Å². The van der Waals surface area contributed by atoms with Gasteiger partial charge in [-0.25, -0.2) is 5.26 Å². The summed E-state index contributed by atoms with van der Waals surface area (Å²) in [6.45, 7) is 0.939. The Morgan fingerprint density at radius 3 is 3.00 bits per heavy atom. The first-order chi connectivity index (χ1) is 7.19. The molecule has 0 saturated carbocycles. The smallest absolute Gasteiger partial charge is 0.268 e. The van der Waals surface area contributed by atoms with E-state index in [2.05, 4.69) is 21.9 Å². The minimum Gasteiger partial charge on any atom is -0.314 e. The monoisotopic (exact) mass is 264 g/mol. The molecule has 0 N–H and O–H groups in total. The molecule has 5 heteroatoms. The van der Waals surface area contributed by atoms with Gasteiger partial charge < -0.3 is 4.57 Å². The second-order valence-corrected chi connectivity index (χ2v) is 4.92. The summed E-state index contributed by atoms with van der Waals surface area (Å²) in [6, 6.07) is 3.31. The van der Waals surface area contributed by atoms with Gasteiger partial charge in [0.05, 0.1) is 0 Å². The zero-order valence-electron chi connectivity index (χ0n) is 8.19. The first kappa shape index (κ1) is 10.5. The molecule has 0 radical (unpaired) electrons. The Bertz CT molecular complexity index is 459. The Kier molecular flexibility index (Phi) is 2.97. The third kappa shape index (κ3) is 2.32. The highest BCUT2D eigenvalue weighted by atomic mass is 79.9. The molecule has 1 fully saturated rings. The summed E-state index contributed by atoms with van der Waals surface area (Å²) in [5.41, 5.74) is 0.0265. The van der Waals surface area contributed by atoms with Crippen LogP contribution < -0.4 is 5.56 Å². The number of pyridine rings is 1. The van der Waals surface area contributed by atoms with Crippen molar-refractivity contribution in [3.63, 3.8) is 0 Å². The van der Waals surface area contributed by atoms with Crippen LogP contribution in [-0.2, 0) is 6.54 Å². The first-order valence-corrected chi connectivity index (χ1v) is 5.74. The molecule has 1 aliphatic rings. The van der Waals surface area contributed by atoms with Crippen LogP contribution in [0.1, 0.15) is 0 Å². The topological polar surface area (TPSA) is 45.8 Å². The van der Waals surface area contributed by atoms with E-state index in [-0.39, 0.29) is 12.3 Å². The lowest BCUT2D eigenvalue weighted by atomic mass is 9.33. The van der Waals surface area contributed by atoms with Crippen LogP contribution in [-0.4, -0.2) is 11.3 Å². The van der Waals surface area contributed by atoms with Crippen molar-refractivity contribution in [3.05, 3.63) is 33.2 Å². The normalized spacial score (nSPS) is 15.9. The molecule has 0 aliphatic carbocycles. The molecule has 0 spiro atoms. The molecule has 2 heterocycles. The van der Waals surface area contributed by atoms with E-state index in [1.807, 2.05) is 6.20 Å². The molecular weight excluding hydrogens is 255 g/mol. The molecule has 1 saturated heterocycles. The largest absolute Gasteiger partial charge is 0.314 e. The summed E-state index contributed by atoms with van der Waals surface area (Å²) in [5.74, 6) is 2.73. The molecule has 76 valence electrons. The van der Waals surface area contributed by atoms with E-state index in [0.717, 1.165) is 23.7 Å². The van der Waals surface area contributed by atoms with Crippen molar-refractivity contribution in [3.8, 4) is 5.97 Å². The highest BCUT2D eigenvalue weighted by molar-refractivity contribution is 9.10. The van der Waals surface area contributed by atoms with Gasteiger partial charge in [-0.15, -0.1) is 0 Å². The molecule has 3 nitrogen and oxygen atoms in total. The zero-order valence-corrected chi connectivity index (χ0v) is 9.77. The van der Waals surface area contributed by atoms with E-state index in [9.17, 15) is 4.79 Å². The van der Waals surface area contributed by atoms with Crippen molar-refractivity contribution in [2.24, 2.45) is 5.92 Å². The average molecular weight is 265 g/mol. The quantitative estimate of drug-likeness (QED) is 0.765. The molecule has 1 aromatic heterocycles. The van der Waals surface area contributed by atoms with Gasteiger partial charge in [0.1, 0.15) is 0 Å². The van der Waals surface area contributed by atoms with Crippen molar-refractivity contribution in [1.82, 2.24) is 4.57 Å². The number of hydrogen-bond acceptors (Lipinski definition) is 2. The summed E-state index contributed by atoms with van der Waals surface area (Å²) in [7, 11) is 0. The summed E-state index contributed by atoms with van der Waals surface area (Å²) in [4.78, 5) is 11.5. The molecule has 0 atom stereocenters. The van der Waals surface area contributed by atoms with Gasteiger partial charge in [0.2, 0.25) is 0 Å². The summed E-state index contributed by atoms with van der Waals surface area (Å²) in [5, 5.41) is 8.64. The fourth-order valence-corrected chi connectivity index (χ4v) is 2.29. The Morgan fingerprint density at radius 2 is 2.33 bits per heavy atom. The Morgan fingerprint density at radius 1 is 1.60 bits per heavy atom. The number of nitriles is 1. The van der Waals surface area contributed by atoms with E-state index in [1.165, 1.54) is 0 Å². The zero-order chi connectivity index (χ0) is 10.8. The fraction of sp³-hybridized carbons (Fsp3) is 0.400. The highest BCUT2D eigenvalue weighted by Crippen LogP contribution is 2.29. The van der Waals surface area contributed by atoms with E-state index < -0.39 is 0 Å². The van der Waals surface area contributed by atoms with Crippen molar-refractivity contribution >= 4 is 22.6 Å². The van der Waals surface area contributed by atoms with Crippen LogP contribution in [0.15, 0.2) is 27.6 Å². The fourth-order valence-electron chi connectivity index (χ4n) is 1.91. The summed E-state index contributed by atoms with van der Waals surface area (Å²) >= 11 is 3.34. The molecule has 15 heavy (non-hydrogen) atoms. The predicted octanol–water partition coefficient (Wildman–Crippen LogP) is 1.80. The predicted molar refractivity (Wildman–Crippen MR) is 62.9 cm³/mol. The van der Waals surface area contributed by atoms with Crippen LogP contribution in [0.3, 0.4) is 0 Å². The Labute approximate surface area is 96.9 Å². The number of halogens is 1.